The smallest absolute Gasteiger partial charge is 0.255 e. The molecule has 142 valence electrons. The van der Waals surface area contributed by atoms with Gasteiger partial charge in [0.25, 0.3) is 11.8 Å². The van der Waals surface area contributed by atoms with Crippen LogP contribution in [0, 0.1) is 5.92 Å². The number of hydrogen-bond donors (Lipinski definition) is 1. The van der Waals surface area contributed by atoms with Gasteiger partial charge in [-0.25, -0.2) is 0 Å². The molecule has 27 heavy (non-hydrogen) atoms. The first kappa shape index (κ1) is 19.2. The van der Waals surface area contributed by atoms with E-state index in [2.05, 4.69) is 26.1 Å². The Morgan fingerprint density at radius 2 is 1.48 bits per heavy atom. The van der Waals surface area contributed by atoms with Gasteiger partial charge in [0.05, 0.1) is 0 Å². The Morgan fingerprint density at radius 1 is 0.926 bits per heavy atom. The Labute approximate surface area is 161 Å². The van der Waals surface area contributed by atoms with Gasteiger partial charge in [0.2, 0.25) is 0 Å². The van der Waals surface area contributed by atoms with E-state index in [0.717, 1.165) is 25.9 Å². The van der Waals surface area contributed by atoms with Crippen LogP contribution in [0.15, 0.2) is 48.5 Å². The monoisotopic (exact) mass is 364 g/mol. The first-order chi connectivity index (χ1) is 12.9. The number of benzene rings is 2. The quantitative estimate of drug-likeness (QED) is 0.836. The summed E-state index contributed by atoms with van der Waals surface area (Å²) in [5.74, 6) is 1.06. The molecule has 2 aromatic carbocycles. The summed E-state index contributed by atoms with van der Waals surface area (Å²) >= 11 is 0. The van der Waals surface area contributed by atoms with Crippen LogP contribution in [0.4, 0.5) is 5.69 Å². The summed E-state index contributed by atoms with van der Waals surface area (Å²) in [5.41, 5.74) is 3.20. The second kappa shape index (κ2) is 8.38. The number of piperidine rings is 1. The third-order valence-corrected chi connectivity index (χ3v) is 5.30. The summed E-state index contributed by atoms with van der Waals surface area (Å²) in [5, 5.41) is 2.89. The van der Waals surface area contributed by atoms with Crippen molar-refractivity contribution in [2.24, 2.45) is 5.92 Å². The van der Waals surface area contributed by atoms with Crippen LogP contribution in [-0.2, 0) is 0 Å². The maximum atomic E-state index is 12.6. The van der Waals surface area contributed by atoms with E-state index in [4.69, 9.17) is 0 Å². The first-order valence-electron chi connectivity index (χ1n) is 9.74. The van der Waals surface area contributed by atoms with E-state index in [-0.39, 0.29) is 11.8 Å². The first-order valence-corrected chi connectivity index (χ1v) is 9.74. The number of nitrogens with zero attached hydrogens (tertiary/aromatic N) is 1. The highest BCUT2D eigenvalue weighted by Gasteiger charge is 2.21. The summed E-state index contributed by atoms with van der Waals surface area (Å²) in [6.45, 7) is 8.14. The SMILES string of the molecule is CC1CCN(C(=O)c2ccc(NC(=O)c3ccc(C(C)C)cc3)cc2)CC1. The van der Waals surface area contributed by atoms with Crippen LogP contribution in [0.2, 0.25) is 0 Å². The molecule has 3 rings (SSSR count). The predicted octanol–water partition coefficient (Wildman–Crippen LogP) is 4.93. The molecule has 0 spiro atoms. The normalized spacial score (nSPS) is 15.0. The maximum Gasteiger partial charge on any atom is 0.255 e. The molecule has 0 bridgehead atoms. The number of nitrogens with one attached hydrogen (secondary N) is 1. The standard InChI is InChI=1S/C23H28N2O2/c1-16(2)18-4-6-19(7-5-18)22(26)24-21-10-8-20(9-11-21)23(27)25-14-12-17(3)13-15-25/h4-11,16-17H,12-15H2,1-3H3,(H,24,26). The van der Waals surface area contributed by atoms with Crippen molar-refractivity contribution in [1.82, 2.24) is 4.90 Å². The number of anilines is 1. The largest absolute Gasteiger partial charge is 0.339 e. The Balaban J connectivity index is 1.61. The lowest BCUT2D eigenvalue weighted by atomic mass is 9.98. The van der Waals surface area contributed by atoms with Crippen molar-refractivity contribution in [3.8, 4) is 0 Å². The zero-order chi connectivity index (χ0) is 19.4. The molecule has 1 heterocycles. The molecule has 1 N–H and O–H groups in total. The van der Waals surface area contributed by atoms with Crippen LogP contribution in [-0.4, -0.2) is 29.8 Å². The van der Waals surface area contributed by atoms with E-state index in [1.54, 1.807) is 24.3 Å². The Kier molecular flexibility index (Phi) is 5.94. The molecule has 1 aliphatic heterocycles. The molecule has 0 unspecified atom stereocenters. The zero-order valence-corrected chi connectivity index (χ0v) is 16.4. The van der Waals surface area contributed by atoms with Gasteiger partial charge >= 0.3 is 0 Å². The second-order valence-electron chi connectivity index (χ2n) is 7.78. The Hall–Kier alpha value is -2.62. The zero-order valence-electron chi connectivity index (χ0n) is 16.4. The summed E-state index contributed by atoms with van der Waals surface area (Å²) in [7, 11) is 0. The number of hydrogen-bond acceptors (Lipinski definition) is 2. The minimum atomic E-state index is -0.144. The number of carbonyl (C=O) groups is 2. The molecular formula is C23H28N2O2. The van der Waals surface area contributed by atoms with Crippen molar-refractivity contribution >= 4 is 17.5 Å². The number of amides is 2. The van der Waals surface area contributed by atoms with E-state index in [1.807, 2.05) is 29.2 Å². The topological polar surface area (TPSA) is 49.4 Å². The molecular weight excluding hydrogens is 336 g/mol. The average molecular weight is 364 g/mol. The molecule has 0 radical (unpaired) electrons. The van der Waals surface area contributed by atoms with Gasteiger partial charge in [-0.05, 0) is 66.6 Å². The van der Waals surface area contributed by atoms with E-state index in [0.29, 0.717) is 28.7 Å². The van der Waals surface area contributed by atoms with Crippen molar-refractivity contribution in [1.29, 1.82) is 0 Å². The molecule has 4 heteroatoms. The van der Waals surface area contributed by atoms with E-state index < -0.39 is 0 Å². The molecule has 2 aromatic rings. The minimum Gasteiger partial charge on any atom is -0.339 e. The fourth-order valence-corrected chi connectivity index (χ4v) is 3.31. The van der Waals surface area contributed by atoms with E-state index in [1.165, 1.54) is 5.56 Å². The van der Waals surface area contributed by atoms with Gasteiger partial charge in [0.15, 0.2) is 0 Å². The highest BCUT2D eigenvalue weighted by molar-refractivity contribution is 6.04. The van der Waals surface area contributed by atoms with Gasteiger partial charge in [-0.1, -0.05) is 32.9 Å². The van der Waals surface area contributed by atoms with Crippen molar-refractivity contribution in [2.45, 2.75) is 39.5 Å². The van der Waals surface area contributed by atoms with Gasteiger partial charge in [0, 0.05) is 29.9 Å². The molecule has 0 aliphatic carbocycles. The second-order valence-corrected chi connectivity index (χ2v) is 7.78. The molecule has 0 saturated carbocycles. The van der Waals surface area contributed by atoms with Gasteiger partial charge < -0.3 is 10.2 Å². The summed E-state index contributed by atoms with van der Waals surface area (Å²) in [6, 6.07) is 14.8. The summed E-state index contributed by atoms with van der Waals surface area (Å²) in [4.78, 5) is 26.9. The number of carbonyl (C=O) groups excluding carboxylic acids is 2. The molecule has 0 atom stereocenters. The predicted molar refractivity (Wildman–Crippen MR) is 109 cm³/mol. The lowest BCUT2D eigenvalue weighted by Gasteiger charge is -2.30. The van der Waals surface area contributed by atoms with E-state index >= 15 is 0 Å². The Bertz CT molecular complexity index is 786. The lowest BCUT2D eigenvalue weighted by molar-refractivity contribution is 0.0697. The van der Waals surface area contributed by atoms with Crippen molar-refractivity contribution in [3.05, 3.63) is 65.2 Å². The van der Waals surface area contributed by atoms with Crippen LogP contribution >= 0.6 is 0 Å². The van der Waals surface area contributed by atoms with Crippen LogP contribution in [0.3, 0.4) is 0 Å². The third kappa shape index (κ3) is 4.76. The summed E-state index contributed by atoms with van der Waals surface area (Å²) < 4.78 is 0. The number of rotatable bonds is 4. The van der Waals surface area contributed by atoms with Crippen LogP contribution < -0.4 is 5.32 Å². The summed E-state index contributed by atoms with van der Waals surface area (Å²) in [6.07, 6.45) is 2.13. The van der Waals surface area contributed by atoms with Gasteiger partial charge in [-0.15, -0.1) is 0 Å². The van der Waals surface area contributed by atoms with Gasteiger partial charge in [0.1, 0.15) is 0 Å². The van der Waals surface area contributed by atoms with Crippen LogP contribution in [0.1, 0.15) is 65.8 Å². The fraction of sp³-hybridized carbons (Fsp3) is 0.391. The molecule has 1 aliphatic rings. The van der Waals surface area contributed by atoms with Gasteiger partial charge in [-0.2, -0.15) is 0 Å². The lowest BCUT2D eigenvalue weighted by Crippen LogP contribution is -2.37. The molecule has 1 saturated heterocycles. The fourth-order valence-electron chi connectivity index (χ4n) is 3.31. The average Bonchev–Trinajstić information content (AvgIpc) is 2.68. The molecule has 1 fully saturated rings. The number of likely N-dealkylation sites (tertiary alicyclic amines) is 1. The highest BCUT2D eigenvalue weighted by Crippen LogP contribution is 2.20. The molecule has 0 aromatic heterocycles. The molecule has 4 nitrogen and oxygen atoms in total. The minimum absolute atomic E-state index is 0.0732. The third-order valence-electron chi connectivity index (χ3n) is 5.30. The molecule has 2 amide bonds. The highest BCUT2D eigenvalue weighted by atomic mass is 16.2. The van der Waals surface area contributed by atoms with Crippen LogP contribution in [0.25, 0.3) is 0 Å². The van der Waals surface area contributed by atoms with Gasteiger partial charge in [-0.3, -0.25) is 9.59 Å². The Morgan fingerprint density at radius 3 is 2.04 bits per heavy atom. The van der Waals surface area contributed by atoms with Crippen molar-refractivity contribution in [2.75, 3.05) is 18.4 Å². The van der Waals surface area contributed by atoms with Crippen molar-refractivity contribution < 1.29 is 9.59 Å². The van der Waals surface area contributed by atoms with Crippen LogP contribution in [0.5, 0.6) is 0 Å². The van der Waals surface area contributed by atoms with Crippen molar-refractivity contribution in [3.63, 3.8) is 0 Å². The van der Waals surface area contributed by atoms with E-state index in [9.17, 15) is 9.59 Å². The maximum absolute atomic E-state index is 12.6.